The summed E-state index contributed by atoms with van der Waals surface area (Å²) in [7, 11) is 1.66. The van der Waals surface area contributed by atoms with Crippen molar-refractivity contribution in [3.63, 3.8) is 0 Å². The summed E-state index contributed by atoms with van der Waals surface area (Å²) in [6, 6.07) is 10.2. The molecule has 0 aliphatic heterocycles. The van der Waals surface area contributed by atoms with E-state index in [4.69, 9.17) is 9.72 Å². The topological polar surface area (TPSA) is 67.6 Å². The molecule has 1 unspecified atom stereocenters. The fourth-order valence-electron chi connectivity index (χ4n) is 4.36. The van der Waals surface area contributed by atoms with E-state index in [0.29, 0.717) is 13.0 Å². The van der Waals surface area contributed by atoms with Gasteiger partial charge in [-0.2, -0.15) is 0 Å². The van der Waals surface area contributed by atoms with Gasteiger partial charge in [-0.05, 0) is 68.5 Å². The molecular formula is C26H35N3O3. The Morgan fingerprint density at radius 3 is 2.56 bits per heavy atom. The van der Waals surface area contributed by atoms with Crippen LogP contribution in [-0.2, 0) is 28.9 Å². The van der Waals surface area contributed by atoms with Crippen molar-refractivity contribution >= 4 is 22.6 Å². The third-order valence-corrected chi connectivity index (χ3v) is 6.13. The van der Waals surface area contributed by atoms with Crippen molar-refractivity contribution in [3.05, 3.63) is 58.4 Å². The average molecular weight is 438 g/mol. The van der Waals surface area contributed by atoms with E-state index in [1.165, 1.54) is 0 Å². The molecule has 1 heterocycles. The zero-order valence-electron chi connectivity index (χ0n) is 20.1. The van der Waals surface area contributed by atoms with Gasteiger partial charge in [0.1, 0.15) is 12.4 Å². The number of aliphatic hydroxyl groups is 1. The fourth-order valence-corrected chi connectivity index (χ4v) is 4.36. The van der Waals surface area contributed by atoms with Gasteiger partial charge < -0.3 is 19.3 Å². The van der Waals surface area contributed by atoms with Gasteiger partial charge in [-0.15, -0.1) is 0 Å². The van der Waals surface area contributed by atoms with E-state index >= 15 is 0 Å². The van der Waals surface area contributed by atoms with Crippen molar-refractivity contribution in [3.8, 4) is 0 Å². The van der Waals surface area contributed by atoms with Crippen LogP contribution in [0.15, 0.2) is 30.3 Å². The fraction of sp³-hybridized carbons (Fsp3) is 0.462. The standard InChI is InChI=1S/C26H35N3O3/c1-7-21-10-8-9-17(2)26(21)29(20(5)16-32-6)25(31)15-28-23-14-19(4)18(3)13-22(23)27-24(28)11-12-30/h8-10,13-14,20,30H,7,11-12,15-16H2,1-6H3. The van der Waals surface area contributed by atoms with Crippen LogP contribution in [0.2, 0.25) is 0 Å². The van der Waals surface area contributed by atoms with Gasteiger partial charge in [0.05, 0.1) is 36.0 Å². The molecule has 6 nitrogen and oxygen atoms in total. The number of rotatable bonds is 9. The summed E-state index contributed by atoms with van der Waals surface area (Å²) in [6.45, 7) is 10.9. The SMILES string of the molecule is CCc1cccc(C)c1N(C(=O)Cn1c(CCO)nc2cc(C)c(C)cc21)C(C)COC. The summed E-state index contributed by atoms with van der Waals surface area (Å²) in [6.07, 6.45) is 1.24. The number of imidazole rings is 1. The quantitative estimate of drug-likeness (QED) is 0.547. The first kappa shape index (κ1) is 24.0. The molecular weight excluding hydrogens is 402 g/mol. The number of amides is 1. The number of hydrogen-bond acceptors (Lipinski definition) is 4. The van der Waals surface area contributed by atoms with Gasteiger partial charge >= 0.3 is 0 Å². The molecule has 1 N–H and O–H groups in total. The maximum absolute atomic E-state index is 13.9. The molecule has 3 rings (SSSR count). The van der Waals surface area contributed by atoms with Gasteiger partial charge in [0.2, 0.25) is 5.91 Å². The number of para-hydroxylation sites is 1. The summed E-state index contributed by atoms with van der Waals surface area (Å²) in [5, 5.41) is 9.60. The number of carbonyl (C=O) groups excluding carboxylic acids is 1. The maximum Gasteiger partial charge on any atom is 0.247 e. The molecule has 0 aliphatic rings. The van der Waals surface area contributed by atoms with Crippen LogP contribution in [0, 0.1) is 20.8 Å². The van der Waals surface area contributed by atoms with Crippen molar-refractivity contribution in [1.82, 2.24) is 9.55 Å². The molecule has 172 valence electrons. The highest BCUT2D eigenvalue weighted by molar-refractivity contribution is 5.96. The van der Waals surface area contributed by atoms with Crippen LogP contribution in [0.25, 0.3) is 11.0 Å². The van der Waals surface area contributed by atoms with E-state index in [-0.39, 0.29) is 25.1 Å². The normalized spacial score (nSPS) is 12.3. The van der Waals surface area contributed by atoms with Crippen molar-refractivity contribution < 1.29 is 14.6 Å². The number of fused-ring (bicyclic) bond motifs is 1. The lowest BCUT2D eigenvalue weighted by molar-refractivity contribution is -0.119. The Morgan fingerprint density at radius 1 is 1.19 bits per heavy atom. The minimum absolute atomic E-state index is 0.0168. The molecule has 0 saturated heterocycles. The second-order valence-electron chi connectivity index (χ2n) is 8.52. The van der Waals surface area contributed by atoms with Crippen molar-refractivity contribution in [2.45, 2.75) is 60.0 Å². The Balaban J connectivity index is 2.10. The maximum atomic E-state index is 13.9. The van der Waals surface area contributed by atoms with Crippen molar-refractivity contribution in [2.24, 2.45) is 0 Å². The van der Waals surface area contributed by atoms with Crippen LogP contribution in [0.3, 0.4) is 0 Å². The molecule has 0 saturated carbocycles. The number of aliphatic hydroxyl groups excluding tert-OH is 1. The Hall–Kier alpha value is -2.70. The Labute approximate surface area is 190 Å². The smallest absolute Gasteiger partial charge is 0.247 e. The molecule has 2 aromatic carbocycles. The van der Waals surface area contributed by atoms with Gasteiger partial charge in [-0.1, -0.05) is 25.1 Å². The van der Waals surface area contributed by atoms with Gasteiger partial charge in [-0.25, -0.2) is 4.98 Å². The largest absolute Gasteiger partial charge is 0.396 e. The van der Waals surface area contributed by atoms with Crippen LogP contribution in [0.4, 0.5) is 5.69 Å². The van der Waals surface area contributed by atoms with Crippen LogP contribution < -0.4 is 4.90 Å². The molecule has 0 fully saturated rings. The summed E-state index contributed by atoms with van der Waals surface area (Å²) in [5.41, 5.74) is 7.25. The second-order valence-corrected chi connectivity index (χ2v) is 8.52. The molecule has 1 amide bonds. The van der Waals surface area contributed by atoms with E-state index in [2.05, 4.69) is 32.9 Å². The Bertz CT molecular complexity index is 1100. The molecule has 1 atom stereocenters. The number of carbonyl (C=O) groups is 1. The number of aromatic nitrogens is 2. The zero-order valence-corrected chi connectivity index (χ0v) is 20.1. The number of nitrogens with zero attached hydrogens (tertiary/aromatic N) is 3. The molecule has 1 aromatic heterocycles. The van der Waals surface area contributed by atoms with Gasteiger partial charge in [-0.3, -0.25) is 4.79 Å². The minimum atomic E-state index is -0.126. The Kier molecular flexibility index (Phi) is 7.69. The number of ether oxygens (including phenoxy) is 1. The van der Waals surface area contributed by atoms with Crippen LogP contribution in [0.1, 0.15) is 41.9 Å². The van der Waals surface area contributed by atoms with Gasteiger partial charge in [0, 0.05) is 13.5 Å². The highest BCUT2D eigenvalue weighted by Crippen LogP contribution is 2.29. The lowest BCUT2D eigenvalue weighted by atomic mass is 10.0. The van der Waals surface area contributed by atoms with Crippen LogP contribution in [0.5, 0.6) is 0 Å². The number of methoxy groups -OCH3 is 1. The summed E-state index contributed by atoms with van der Waals surface area (Å²) >= 11 is 0. The van der Waals surface area contributed by atoms with E-state index in [1.807, 2.05) is 41.5 Å². The predicted octanol–water partition coefficient (Wildman–Crippen LogP) is 4.13. The third-order valence-electron chi connectivity index (χ3n) is 6.13. The van der Waals surface area contributed by atoms with E-state index in [0.717, 1.165) is 51.2 Å². The summed E-state index contributed by atoms with van der Waals surface area (Å²) in [5.74, 6) is 0.705. The van der Waals surface area contributed by atoms with Crippen LogP contribution in [-0.4, -0.2) is 46.9 Å². The minimum Gasteiger partial charge on any atom is -0.396 e. The molecule has 3 aromatic rings. The van der Waals surface area contributed by atoms with Crippen LogP contribution >= 0.6 is 0 Å². The monoisotopic (exact) mass is 437 g/mol. The first-order valence-electron chi connectivity index (χ1n) is 11.3. The number of aryl methyl sites for hydroxylation is 4. The Morgan fingerprint density at radius 2 is 1.91 bits per heavy atom. The molecule has 0 spiro atoms. The lowest BCUT2D eigenvalue weighted by Gasteiger charge is -2.32. The summed E-state index contributed by atoms with van der Waals surface area (Å²) < 4.78 is 7.38. The number of anilines is 1. The predicted molar refractivity (Wildman–Crippen MR) is 129 cm³/mol. The molecule has 0 bridgehead atoms. The zero-order chi connectivity index (χ0) is 23.4. The molecule has 6 heteroatoms. The van der Waals surface area contributed by atoms with E-state index in [9.17, 15) is 9.90 Å². The van der Waals surface area contributed by atoms with Crippen molar-refractivity contribution in [1.29, 1.82) is 0 Å². The average Bonchev–Trinajstić information content (AvgIpc) is 3.06. The molecule has 0 aliphatic carbocycles. The second kappa shape index (κ2) is 10.3. The van der Waals surface area contributed by atoms with Gasteiger partial charge in [0.15, 0.2) is 0 Å². The highest BCUT2D eigenvalue weighted by Gasteiger charge is 2.27. The first-order chi connectivity index (χ1) is 15.3. The molecule has 32 heavy (non-hydrogen) atoms. The van der Waals surface area contributed by atoms with Crippen molar-refractivity contribution in [2.75, 3.05) is 25.2 Å². The number of benzene rings is 2. The summed E-state index contributed by atoms with van der Waals surface area (Å²) in [4.78, 5) is 20.5. The highest BCUT2D eigenvalue weighted by atomic mass is 16.5. The number of hydrogen-bond donors (Lipinski definition) is 1. The van der Waals surface area contributed by atoms with E-state index < -0.39 is 0 Å². The van der Waals surface area contributed by atoms with E-state index in [1.54, 1.807) is 7.11 Å². The third kappa shape index (κ3) is 4.71. The van der Waals surface area contributed by atoms with Gasteiger partial charge in [0.25, 0.3) is 0 Å². The molecule has 0 radical (unpaired) electrons. The lowest BCUT2D eigenvalue weighted by Crippen LogP contribution is -2.44. The first-order valence-corrected chi connectivity index (χ1v) is 11.3.